The summed E-state index contributed by atoms with van der Waals surface area (Å²) < 4.78 is 5.65. The zero-order chi connectivity index (χ0) is 14.8. The van der Waals surface area contributed by atoms with Crippen LogP contribution in [0.2, 0.25) is 0 Å². The molecule has 20 heavy (non-hydrogen) atoms. The predicted octanol–water partition coefficient (Wildman–Crippen LogP) is 2.88. The van der Waals surface area contributed by atoms with Crippen LogP contribution in [0, 0.1) is 0 Å². The molecule has 1 amide bonds. The average molecular weight is 296 g/mol. The summed E-state index contributed by atoms with van der Waals surface area (Å²) in [4.78, 5) is 10.9. The highest BCUT2D eigenvalue weighted by molar-refractivity contribution is 7.98. The Kier molecular flexibility index (Phi) is 8.14. The Bertz CT molecular complexity index is 395. The second-order valence-electron chi connectivity index (χ2n) is 4.77. The molecule has 1 unspecified atom stereocenters. The Balaban J connectivity index is 2.17. The molecular formula is C15H24N2O2S. The molecule has 0 spiro atoms. The van der Waals surface area contributed by atoms with Gasteiger partial charge in [0.1, 0.15) is 5.75 Å². The summed E-state index contributed by atoms with van der Waals surface area (Å²) in [6.07, 6.45) is 5.22. The van der Waals surface area contributed by atoms with E-state index in [1.165, 1.54) is 6.92 Å². The highest BCUT2D eigenvalue weighted by Gasteiger charge is 2.01. The zero-order valence-electron chi connectivity index (χ0n) is 12.2. The summed E-state index contributed by atoms with van der Waals surface area (Å²) in [5.74, 6) is 1.78. The Labute approximate surface area is 125 Å². The van der Waals surface area contributed by atoms with Gasteiger partial charge in [0.05, 0.1) is 6.61 Å². The van der Waals surface area contributed by atoms with E-state index >= 15 is 0 Å². The second kappa shape index (κ2) is 9.66. The first-order valence-corrected chi connectivity index (χ1v) is 8.26. The van der Waals surface area contributed by atoms with E-state index in [1.807, 2.05) is 24.3 Å². The van der Waals surface area contributed by atoms with Crippen LogP contribution in [0.1, 0.15) is 26.2 Å². The van der Waals surface area contributed by atoms with Gasteiger partial charge in [0, 0.05) is 24.4 Å². The van der Waals surface area contributed by atoms with E-state index in [-0.39, 0.29) is 5.91 Å². The van der Waals surface area contributed by atoms with E-state index in [9.17, 15) is 4.79 Å². The van der Waals surface area contributed by atoms with Gasteiger partial charge in [-0.25, -0.2) is 0 Å². The summed E-state index contributed by atoms with van der Waals surface area (Å²) in [7, 11) is 0. The van der Waals surface area contributed by atoms with Crippen molar-refractivity contribution < 1.29 is 9.53 Å². The molecule has 0 aliphatic rings. The van der Waals surface area contributed by atoms with Gasteiger partial charge in [0.25, 0.3) is 0 Å². The molecule has 1 aromatic carbocycles. The van der Waals surface area contributed by atoms with Gasteiger partial charge in [-0.15, -0.1) is 0 Å². The monoisotopic (exact) mass is 296 g/mol. The molecule has 4 nitrogen and oxygen atoms in total. The fourth-order valence-electron chi connectivity index (χ4n) is 1.83. The van der Waals surface area contributed by atoms with Gasteiger partial charge < -0.3 is 15.8 Å². The van der Waals surface area contributed by atoms with E-state index in [0.29, 0.717) is 12.6 Å². The molecule has 0 bridgehead atoms. The predicted molar refractivity (Wildman–Crippen MR) is 86.4 cm³/mol. The number of benzene rings is 1. The molecule has 0 heterocycles. The first-order chi connectivity index (χ1) is 9.61. The van der Waals surface area contributed by atoms with Gasteiger partial charge >= 0.3 is 0 Å². The van der Waals surface area contributed by atoms with Crippen molar-refractivity contribution in [2.45, 2.75) is 32.2 Å². The van der Waals surface area contributed by atoms with Gasteiger partial charge in [-0.3, -0.25) is 4.79 Å². The lowest BCUT2D eigenvalue weighted by Gasteiger charge is -2.10. The van der Waals surface area contributed by atoms with Gasteiger partial charge in [-0.2, -0.15) is 11.8 Å². The molecular weight excluding hydrogens is 272 g/mol. The van der Waals surface area contributed by atoms with Crippen LogP contribution in [0.15, 0.2) is 24.3 Å². The lowest BCUT2D eigenvalue weighted by molar-refractivity contribution is -0.114. The first-order valence-electron chi connectivity index (χ1n) is 6.87. The molecule has 0 saturated heterocycles. The average Bonchev–Trinajstić information content (AvgIpc) is 2.40. The molecule has 0 saturated carbocycles. The maximum absolute atomic E-state index is 10.9. The number of rotatable bonds is 9. The fraction of sp³-hybridized carbons (Fsp3) is 0.533. The van der Waals surface area contributed by atoms with Crippen LogP contribution in [0.3, 0.4) is 0 Å². The lowest BCUT2D eigenvalue weighted by Crippen LogP contribution is -2.22. The highest BCUT2D eigenvalue weighted by atomic mass is 32.2. The van der Waals surface area contributed by atoms with Crippen molar-refractivity contribution in [2.75, 3.05) is 23.9 Å². The number of amides is 1. The third kappa shape index (κ3) is 7.40. The van der Waals surface area contributed by atoms with Crippen molar-refractivity contribution in [1.82, 2.24) is 0 Å². The SMILES string of the molecule is CSCC(N)CCCCOc1ccc(NC(C)=O)cc1. The van der Waals surface area contributed by atoms with Crippen molar-refractivity contribution in [3.63, 3.8) is 0 Å². The molecule has 0 fully saturated rings. The molecule has 0 aromatic heterocycles. The molecule has 1 rings (SSSR count). The number of hydrogen-bond donors (Lipinski definition) is 2. The minimum Gasteiger partial charge on any atom is -0.494 e. The van der Waals surface area contributed by atoms with Gasteiger partial charge in [-0.1, -0.05) is 0 Å². The van der Waals surface area contributed by atoms with Crippen LogP contribution in [-0.2, 0) is 4.79 Å². The van der Waals surface area contributed by atoms with E-state index in [2.05, 4.69) is 11.6 Å². The Morgan fingerprint density at radius 2 is 2.05 bits per heavy atom. The van der Waals surface area contributed by atoms with E-state index in [0.717, 1.165) is 36.5 Å². The number of thioether (sulfide) groups is 1. The molecule has 1 aromatic rings. The molecule has 112 valence electrons. The zero-order valence-corrected chi connectivity index (χ0v) is 13.0. The van der Waals surface area contributed by atoms with Crippen LogP contribution in [0.4, 0.5) is 5.69 Å². The van der Waals surface area contributed by atoms with Crippen LogP contribution in [0.5, 0.6) is 5.75 Å². The number of anilines is 1. The number of hydrogen-bond acceptors (Lipinski definition) is 4. The highest BCUT2D eigenvalue weighted by Crippen LogP contribution is 2.16. The summed E-state index contributed by atoms with van der Waals surface area (Å²) in [6.45, 7) is 2.19. The van der Waals surface area contributed by atoms with E-state index in [4.69, 9.17) is 10.5 Å². The van der Waals surface area contributed by atoms with Crippen LogP contribution >= 0.6 is 11.8 Å². The number of nitrogens with one attached hydrogen (secondary N) is 1. The minimum atomic E-state index is -0.0692. The molecule has 5 heteroatoms. The molecule has 0 aliphatic heterocycles. The summed E-state index contributed by atoms with van der Waals surface area (Å²) in [5.41, 5.74) is 6.72. The number of unbranched alkanes of at least 4 members (excludes halogenated alkanes) is 1. The van der Waals surface area contributed by atoms with Crippen LogP contribution in [-0.4, -0.2) is 30.6 Å². The maximum Gasteiger partial charge on any atom is 0.221 e. The Morgan fingerprint density at radius 1 is 1.35 bits per heavy atom. The van der Waals surface area contributed by atoms with Crippen molar-refractivity contribution in [2.24, 2.45) is 5.73 Å². The first kappa shape index (κ1) is 16.9. The summed E-state index contributed by atoms with van der Waals surface area (Å²) in [5, 5.41) is 2.72. The number of carbonyl (C=O) groups excluding carboxylic acids is 1. The summed E-state index contributed by atoms with van der Waals surface area (Å²) in [6, 6.07) is 7.70. The molecule has 0 radical (unpaired) electrons. The topological polar surface area (TPSA) is 64.3 Å². The fourth-order valence-corrected chi connectivity index (χ4v) is 2.43. The molecule has 3 N–H and O–H groups in total. The van der Waals surface area contributed by atoms with E-state index < -0.39 is 0 Å². The number of carbonyl (C=O) groups is 1. The number of nitrogens with two attached hydrogens (primary N) is 1. The van der Waals surface area contributed by atoms with Gasteiger partial charge in [0.15, 0.2) is 0 Å². The lowest BCUT2D eigenvalue weighted by atomic mass is 10.1. The van der Waals surface area contributed by atoms with Crippen molar-refractivity contribution in [3.05, 3.63) is 24.3 Å². The third-order valence-electron chi connectivity index (χ3n) is 2.79. The van der Waals surface area contributed by atoms with E-state index in [1.54, 1.807) is 11.8 Å². The normalized spacial score (nSPS) is 11.9. The van der Waals surface area contributed by atoms with Gasteiger partial charge in [0.2, 0.25) is 5.91 Å². The smallest absolute Gasteiger partial charge is 0.221 e. The quantitative estimate of drug-likeness (QED) is 0.688. The Morgan fingerprint density at radius 3 is 2.65 bits per heavy atom. The van der Waals surface area contributed by atoms with Gasteiger partial charge in [-0.05, 0) is 49.8 Å². The maximum atomic E-state index is 10.9. The Hall–Kier alpha value is -1.20. The number of ether oxygens (including phenoxy) is 1. The van der Waals surface area contributed by atoms with Crippen molar-refractivity contribution in [1.29, 1.82) is 0 Å². The third-order valence-corrected chi connectivity index (χ3v) is 3.55. The largest absolute Gasteiger partial charge is 0.494 e. The van der Waals surface area contributed by atoms with Crippen molar-refractivity contribution in [3.8, 4) is 5.75 Å². The minimum absolute atomic E-state index is 0.0692. The molecule has 1 atom stereocenters. The second-order valence-corrected chi connectivity index (χ2v) is 5.68. The van der Waals surface area contributed by atoms with Crippen LogP contribution < -0.4 is 15.8 Å². The summed E-state index contributed by atoms with van der Waals surface area (Å²) >= 11 is 1.79. The van der Waals surface area contributed by atoms with Crippen molar-refractivity contribution >= 4 is 23.4 Å². The standard InChI is InChI=1S/C15H24N2O2S/c1-12(18)17-14-6-8-15(9-7-14)19-10-4-3-5-13(16)11-20-2/h6-9,13H,3-5,10-11,16H2,1-2H3,(H,17,18). The van der Waals surface area contributed by atoms with Crippen LogP contribution in [0.25, 0.3) is 0 Å². The molecule has 0 aliphatic carbocycles.